The van der Waals surface area contributed by atoms with Gasteiger partial charge in [-0.2, -0.15) is 0 Å². The first-order chi connectivity index (χ1) is 6.09. The SMILES string of the molecule is C[C@@H](O)CN1CCC[C@H](C(=O)O)C1. The van der Waals surface area contributed by atoms with E-state index in [0.29, 0.717) is 13.1 Å². The van der Waals surface area contributed by atoms with Crippen molar-refractivity contribution >= 4 is 5.97 Å². The summed E-state index contributed by atoms with van der Waals surface area (Å²) in [6, 6.07) is 0. The zero-order chi connectivity index (χ0) is 9.84. The van der Waals surface area contributed by atoms with Crippen molar-refractivity contribution in [2.75, 3.05) is 19.6 Å². The maximum Gasteiger partial charge on any atom is 0.307 e. The van der Waals surface area contributed by atoms with Gasteiger partial charge >= 0.3 is 5.97 Å². The van der Waals surface area contributed by atoms with Gasteiger partial charge < -0.3 is 10.2 Å². The molecule has 1 aliphatic heterocycles. The molecule has 0 radical (unpaired) electrons. The summed E-state index contributed by atoms with van der Waals surface area (Å²) in [5.41, 5.74) is 0. The molecule has 13 heavy (non-hydrogen) atoms. The second-order valence-electron chi connectivity index (χ2n) is 3.79. The van der Waals surface area contributed by atoms with Crippen LogP contribution in [0.2, 0.25) is 0 Å². The number of aliphatic hydroxyl groups is 1. The standard InChI is InChI=1S/C9H17NO3/c1-7(11)5-10-4-2-3-8(6-10)9(12)13/h7-8,11H,2-6H2,1H3,(H,12,13)/t7-,8+/m1/s1. The minimum Gasteiger partial charge on any atom is -0.481 e. The normalized spacial score (nSPS) is 27.1. The molecule has 0 amide bonds. The highest BCUT2D eigenvalue weighted by Crippen LogP contribution is 2.16. The fourth-order valence-corrected chi connectivity index (χ4v) is 1.80. The molecule has 0 saturated carbocycles. The molecule has 1 aliphatic rings. The topological polar surface area (TPSA) is 60.8 Å². The Balaban J connectivity index is 2.37. The van der Waals surface area contributed by atoms with Crippen LogP contribution in [0, 0.1) is 5.92 Å². The van der Waals surface area contributed by atoms with E-state index in [4.69, 9.17) is 10.2 Å². The maximum atomic E-state index is 10.7. The second-order valence-corrected chi connectivity index (χ2v) is 3.79. The number of piperidine rings is 1. The van der Waals surface area contributed by atoms with E-state index in [1.165, 1.54) is 0 Å². The summed E-state index contributed by atoms with van der Waals surface area (Å²) < 4.78 is 0. The van der Waals surface area contributed by atoms with Gasteiger partial charge in [-0.1, -0.05) is 0 Å². The van der Waals surface area contributed by atoms with Gasteiger partial charge in [0.25, 0.3) is 0 Å². The fourth-order valence-electron chi connectivity index (χ4n) is 1.80. The van der Waals surface area contributed by atoms with Crippen molar-refractivity contribution in [3.63, 3.8) is 0 Å². The summed E-state index contributed by atoms with van der Waals surface area (Å²) >= 11 is 0. The van der Waals surface area contributed by atoms with Crippen LogP contribution in [0.4, 0.5) is 0 Å². The van der Waals surface area contributed by atoms with Gasteiger partial charge in [-0.15, -0.1) is 0 Å². The molecule has 0 aromatic heterocycles. The molecule has 4 nitrogen and oxygen atoms in total. The molecule has 2 atom stereocenters. The molecule has 0 aromatic rings. The Hall–Kier alpha value is -0.610. The summed E-state index contributed by atoms with van der Waals surface area (Å²) in [5, 5.41) is 17.9. The number of carboxylic acid groups (broad SMARTS) is 1. The van der Waals surface area contributed by atoms with Crippen molar-refractivity contribution in [1.82, 2.24) is 4.90 Å². The number of carbonyl (C=O) groups is 1. The summed E-state index contributed by atoms with van der Waals surface area (Å²) in [5.74, 6) is -0.956. The lowest BCUT2D eigenvalue weighted by atomic mass is 9.98. The van der Waals surface area contributed by atoms with Crippen molar-refractivity contribution < 1.29 is 15.0 Å². The van der Waals surface area contributed by atoms with Gasteiger partial charge in [-0.05, 0) is 26.3 Å². The predicted molar refractivity (Wildman–Crippen MR) is 48.5 cm³/mol. The van der Waals surface area contributed by atoms with Gasteiger partial charge in [0.15, 0.2) is 0 Å². The second kappa shape index (κ2) is 4.58. The molecule has 0 aromatic carbocycles. The number of carboxylic acids is 1. The Kier molecular flexibility index (Phi) is 3.69. The van der Waals surface area contributed by atoms with E-state index in [0.717, 1.165) is 19.4 Å². The first-order valence-electron chi connectivity index (χ1n) is 4.73. The number of hydrogen-bond acceptors (Lipinski definition) is 3. The van der Waals surface area contributed by atoms with Crippen molar-refractivity contribution in [2.45, 2.75) is 25.9 Å². The minimum absolute atomic E-state index is 0.243. The molecule has 1 saturated heterocycles. The average Bonchev–Trinajstić information content (AvgIpc) is 2.03. The van der Waals surface area contributed by atoms with Crippen molar-refractivity contribution in [3.05, 3.63) is 0 Å². The van der Waals surface area contributed by atoms with E-state index in [1.807, 2.05) is 4.90 Å². The largest absolute Gasteiger partial charge is 0.481 e. The summed E-state index contributed by atoms with van der Waals surface area (Å²) in [7, 11) is 0. The zero-order valence-electron chi connectivity index (χ0n) is 7.94. The van der Waals surface area contributed by atoms with E-state index in [2.05, 4.69) is 0 Å². The van der Waals surface area contributed by atoms with Gasteiger partial charge in [0.2, 0.25) is 0 Å². The van der Waals surface area contributed by atoms with Gasteiger partial charge in [0.05, 0.1) is 12.0 Å². The van der Waals surface area contributed by atoms with Crippen LogP contribution < -0.4 is 0 Å². The lowest BCUT2D eigenvalue weighted by Crippen LogP contribution is -2.41. The molecule has 1 rings (SSSR count). The Bertz CT molecular complexity index is 182. The third-order valence-electron chi connectivity index (χ3n) is 2.38. The number of aliphatic hydroxyl groups excluding tert-OH is 1. The quantitative estimate of drug-likeness (QED) is 0.661. The highest BCUT2D eigenvalue weighted by molar-refractivity contribution is 5.70. The van der Waals surface area contributed by atoms with Crippen LogP contribution in [-0.4, -0.2) is 46.8 Å². The first-order valence-corrected chi connectivity index (χ1v) is 4.73. The predicted octanol–water partition coefficient (Wildman–Crippen LogP) is 0.164. The number of β-amino-alcohol motifs (C(OH)–C–C–N with tert-alkyl or cyclic N) is 1. The van der Waals surface area contributed by atoms with E-state index >= 15 is 0 Å². The van der Waals surface area contributed by atoms with Crippen molar-refractivity contribution in [3.8, 4) is 0 Å². The summed E-state index contributed by atoms with van der Waals surface area (Å²) in [6.07, 6.45) is 1.32. The molecule has 0 bridgehead atoms. The molecule has 0 unspecified atom stereocenters. The maximum absolute atomic E-state index is 10.7. The van der Waals surface area contributed by atoms with Crippen LogP contribution in [0.3, 0.4) is 0 Å². The molecule has 1 heterocycles. The average molecular weight is 187 g/mol. The van der Waals surface area contributed by atoms with Crippen LogP contribution in [-0.2, 0) is 4.79 Å². The number of nitrogens with zero attached hydrogens (tertiary/aromatic N) is 1. The summed E-state index contributed by atoms with van der Waals surface area (Å²) in [6.45, 7) is 3.81. The molecular formula is C9H17NO3. The van der Waals surface area contributed by atoms with Crippen LogP contribution in [0.1, 0.15) is 19.8 Å². The Morgan fingerprint density at radius 2 is 2.38 bits per heavy atom. The van der Waals surface area contributed by atoms with Crippen LogP contribution in [0.25, 0.3) is 0 Å². The molecular weight excluding hydrogens is 170 g/mol. The number of likely N-dealkylation sites (tertiary alicyclic amines) is 1. The van der Waals surface area contributed by atoms with Gasteiger partial charge in [-0.25, -0.2) is 0 Å². The highest BCUT2D eigenvalue weighted by Gasteiger charge is 2.25. The van der Waals surface area contributed by atoms with Gasteiger partial charge in [0, 0.05) is 13.1 Å². The molecule has 0 aliphatic carbocycles. The number of hydrogen-bond donors (Lipinski definition) is 2. The van der Waals surface area contributed by atoms with Gasteiger partial charge in [0.1, 0.15) is 0 Å². The van der Waals surface area contributed by atoms with E-state index < -0.39 is 5.97 Å². The van der Waals surface area contributed by atoms with Crippen molar-refractivity contribution in [2.24, 2.45) is 5.92 Å². The van der Waals surface area contributed by atoms with Crippen LogP contribution >= 0.6 is 0 Å². The third-order valence-corrected chi connectivity index (χ3v) is 2.38. The Morgan fingerprint density at radius 3 is 2.92 bits per heavy atom. The highest BCUT2D eigenvalue weighted by atomic mass is 16.4. The minimum atomic E-state index is -0.713. The smallest absolute Gasteiger partial charge is 0.307 e. The van der Waals surface area contributed by atoms with Crippen LogP contribution in [0.15, 0.2) is 0 Å². The molecule has 1 fully saturated rings. The first kappa shape index (κ1) is 10.5. The fraction of sp³-hybridized carbons (Fsp3) is 0.889. The monoisotopic (exact) mass is 187 g/mol. The van der Waals surface area contributed by atoms with E-state index in [-0.39, 0.29) is 12.0 Å². The van der Waals surface area contributed by atoms with E-state index in [1.54, 1.807) is 6.92 Å². The Morgan fingerprint density at radius 1 is 1.69 bits per heavy atom. The molecule has 4 heteroatoms. The Labute approximate surface area is 78.2 Å². The lowest BCUT2D eigenvalue weighted by molar-refractivity contribution is -0.143. The summed E-state index contributed by atoms with van der Waals surface area (Å²) in [4.78, 5) is 12.7. The molecule has 0 spiro atoms. The third kappa shape index (κ3) is 3.32. The number of aliphatic carboxylic acids is 1. The van der Waals surface area contributed by atoms with Gasteiger partial charge in [-0.3, -0.25) is 9.69 Å². The van der Waals surface area contributed by atoms with Crippen LogP contribution in [0.5, 0.6) is 0 Å². The molecule has 2 N–H and O–H groups in total. The van der Waals surface area contributed by atoms with Crippen molar-refractivity contribution in [1.29, 1.82) is 0 Å². The number of rotatable bonds is 3. The zero-order valence-corrected chi connectivity index (χ0v) is 7.94. The van der Waals surface area contributed by atoms with E-state index in [9.17, 15) is 4.79 Å². The molecule has 76 valence electrons. The lowest BCUT2D eigenvalue weighted by Gasteiger charge is -2.31.